The molecule has 1 aliphatic carbocycles. The fourth-order valence-electron chi connectivity index (χ4n) is 2.00. The van der Waals surface area contributed by atoms with Crippen LogP contribution in [-0.2, 0) is 0 Å². The molecule has 0 saturated heterocycles. The second-order valence-corrected chi connectivity index (χ2v) is 5.57. The molecule has 1 aromatic heterocycles. The molecule has 5 heteroatoms. The Balaban J connectivity index is 1.91. The maximum absolute atomic E-state index is 8.98. The van der Waals surface area contributed by atoms with Crippen molar-refractivity contribution in [1.29, 1.82) is 0 Å². The Hall–Kier alpha value is -1.36. The highest BCUT2D eigenvalue weighted by Gasteiger charge is 2.27. The number of rotatable bonds is 7. The lowest BCUT2D eigenvalue weighted by atomic mass is 10.1. The van der Waals surface area contributed by atoms with Crippen molar-refractivity contribution >= 4 is 11.6 Å². The van der Waals surface area contributed by atoms with Crippen LogP contribution in [0.1, 0.15) is 49.9 Å². The highest BCUT2D eigenvalue weighted by atomic mass is 16.3. The van der Waals surface area contributed by atoms with Crippen LogP contribution in [0, 0.1) is 12.8 Å². The fraction of sp³-hybridized carbons (Fsp3) is 0.714. The van der Waals surface area contributed by atoms with Crippen LogP contribution in [0.4, 0.5) is 11.6 Å². The van der Waals surface area contributed by atoms with Crippen LogP contribution in [-0.4, -0.2) is 28.2 Å². The molecule has 0 spiro atoms. The van der Waals surface area contributed by atoms with Crippen molar-refractivity contribution < 1.29 is 5.11 Å². The molecule has 0 amide bonds. The number of hydrogen-bond donors (Lipinski definition) is 3. The molecule has 0 radical (unpaired) electrons. The van der Waals surface area contributed by atoms with E-state index in [1.54, 1.807) is 0 Å². The first kappa shape index (κ1) is 14.1. The van der Waals surface area contributed by atoms with E-state index >= 15 is 0 Å². The molecule has 1 atom stereocenters. The third-order valence-electron chi connectivity index (χ3n) is 3.62. The third kappa shape index (κ3) is 3.80. The summed E-state index contributed by atoms with van der Waals surface area (Å²) in [6.07, 6.45) is 4.38. The van der Waals surface area contributed by atoms with Gasteiger partial charge in [-0.3, -0.25) is 0 Å². The monoisotopic (exact) mass is 264 g/mol. The molecule has 19 heavy (non-hydrogen) atoms. The van der Waals surface area contributed by atoms with Crippen LogP contribution in [0.2, 0.25) is 0 Å². The minimum atomic E-state index is 0.255. The van der Waals surface area contributed by atoms with Crippen LogP contribution < -0.4 is 11.1 Å². The number of anilines is 2. The number of nitrogens with zero attached hydrogens (tertiary/aromatic N) is 2. The topological polar surface area (TPSA) is 84.1 Å². The Morgan fingerprint density at radius 3 is 2.79 bits per heavy atom. The van der Waals surface area contributed by atoms with E-state index in [1.807, 2.05) is 6.92 Å². The molecule has 2 rings (SSSR count). The summed E-state index contributed by atoms with van der Waals surface area (Å²) < 4.78 is 0. The maximum atomic E-state index is 8.98. The molecule has 5 nitrogen and oxygen atoms in total. The summed E-state index contributed by atoms with van der Waals surface area (Å²) in [6.45, 7) is 5.11. The zero-order chi connectivity index (χ0) is 13.8. The molecule has 1 aromatic rings. The summed E-state index contributed by atoms with van der Waals surface area (Å²) >= 11 is 0. The Kier molecular flexibility index (Phi) is 4.58. The summed E-state index contributed by atoms with van der Waals surface area (Å²) in [5, 5.41) is 12.3. The average Bonchev–Trinajstić information content (AvgIpc) is 3.23. The lowest BCUT2D eigenvalue weighted by Crippen LogP contribution is -2.11. The van der Waals surface area contributed by atoms with Gasteiger partial charge in [-0.2, -0.15) is 0 Å². The van der Waals surface area contributed by atoms with Crippen molar-refractivity contribution in [2.75, 3.05) is 24.2 Å². The van der Waals surface area contributed by atoms with Gasteiger partial charge in [0.25, 0.3) is 0 Å². The van der Waals surface area contributed by atoms with E-state index in [0.29, 0.717) is 17.7 Å². The maximum Gasteiger partial charge on any atom is 0.136 e. The van der Waals surface area contributed by atoms with E-state index in [4.69, 9.17) is 10.8 Å². The molecular formula is C14H24N4O. The summed E-state index contributed by atoms with van der Waals surface area (Å²) in [7, 11) is 0. The molecule has 1 aliphatic rings. The minimum Gasteiger partial charge on any atom is -0.396 e. The third-order valence-corrected chi connectivity index (χ3v) is 3.62. The SMILES string of the molecule is Cc1c(N)nc(C2CC2)nc1NCCCC(C)CO. The van der Waals surface area contributed by atoms with Gasteiger partial charge < -0.3 is 16.2 Å². The number of hydrogen-bond acceptors (Lipinski definition) is 5. The van der Waals surface area contributed by atoms with E-state index in [2.05, 4.69) is 22.2 Å². The van der Waals surface area contributed by atoms with Gasteiger partial charge in [0, 0.05) is 24.6 Å². The van der Waals surface area contributed by atoms with Crippen LogP contribution in [0.15, 0.2) is 0 Å². The summed E-state index contributed by atoms with van der Waals surface area (Å²) in [5.74, 6) is 3.21. The van der Waals surface area contributed by atoms with E-state index < -0.39 is 0 Å². The zero-order valence-corrected chi connectivity index (χ0v) is 11.8. The van der Waals surface area contributed by atoms with Gasteiger partial charge in [0.1, 0.15) is 17.5 Å². The first-order valence-corrected chi connectivity index (χ1v) is 7.10. The number of aromatic nitrogens is 2. The van der Waals surface area contributed by atoms with Crippen molar-refractivity contribution in [3.63, 3.8) is 0 Å². The predicted octanol–water partition coefficient (Wildman–Crippen LogP) is 2.07. The molecule has 1 heterocycles. The molecule has 1 saturated carbocycles. The fourth-order valence-corrected chi connectivity index (χ4v) is 2.00. The Morgan fingerprint density at radius 2 is 2.16 bits per heavy atom. The van der Waals surface area contributed by atoms with Crippen LogP contribution in [0.5, 0.6) is 0 Å². The highest BCUT2D eigenvalue weighted by molar-refractivity contribution is 5.55. The molecule has 0 bridgehead atoms. The summed E-state index contributed by atoms with van der Waals surface area (Å²) in [4.78, 5) is 8.94. The summed E-state index contributed by atoms with van der Waals surface area (Å²) in [6, 6.07) is 0. The summed E-state index contributed by atoms with van der Waals surface area (Å²) in [5.41, 5.74) is 6.87. The van der Waals surface area contributed by atoms with Crippen LogP contribution in [0.25, 0.3) is 0 Å². The lowest BCUT2D eigenvalue weighted by Gasteiger charge is -2.12. The molecule has 0 aliphatic heterocycles. The minimum absolute atomic E-state index is 0.255. The van der Waals surface area contributed by atoms with Crippen LogP contribution in [0.3, 0.4) is 0 Å². The van der Waals surface area contributed by atoms with E-state index in [-0.39, 0.29) is 6.61 Å². The number of aliphatic hydroxyl groups excluding tert-OH is 1. The number of aliphatic hydroxyl groups is 1. The van der Waals surface area contributed by atoms with Crippen molar-refractivity contribution in [3.8, 4) is 0 Å². The van der Waals surface area contributed by atoms with Gasteiger partial charge >= 0.3 is 0 Å². The second kappa shape index (κ2) is 6.19. The van der Waals surface area contributed by atoms with E-state index in [9.17, 15) is 0 Å². The van der Waals surface area contributed by atoms with Gasteiger partial charge in [-0.25, -0.2) is 9.97 Å². The Labute approximate surface area is 114 Å². The second-order valence-electron chi connectivity index (χ2n) is 5.57. The molecule has 4 N–H and O–H groups in total. The van der Waals surface area contributed by atoms with Gasteiger partial charge in [0.2, 0.25) is 0 Å². The van der Waals surface area contributed by atoms with Crippen LogP contribution >= 0.6 is 0 Å². The van der Waals surface area contributed by atoms with Gasteiger partial charge in [-0.1, -0.05) is 6.92 Å². The Bertz CT molecular complexity index is 432. The molecular weight excluding hydrogens is 240 g/mol. The smallest absolute Gasteiger partial charge is 0.136 e. The van der Waals surface area contributed by atoms with Gasteiger partial charge in [-0.05, 0) is 38.5 Å². The van der Waals surface area contributed by atoms with E-state index in [1.165, 1.54) is 12.8 Å². The quantitative estimate of drug-likeness (QED) is 0.656. The first-order chi connectivity index (χ1) is 9.11. The molecule has 0 aromatic carbocycles. The predicted molar refractivity (Wildman–Crippen MR) is 77.1 cm³/mol. The van der Waals surface area contributed by atoms with Crippen molar-refractivity contribution in [2.24, 2.45) is 5.92 Å². The van der Waals surface area contributed by atoms with Gasteiger partial charge in [0.05, 0.1) is 0 Å². The molecule has 1 unspecified atom stereocenters. The lowest BCUT2D eigenvalue weighted by molar-refractivity contribution is 0.229. The van der Waals surface area contributed by atoms with Crippen molar-refractivity contribution in [2.45, 2.75) is 45.4 Å². The van der Waals surface area contributed by atoms with Gasteiger partial charge in [0.15, 0.2) is 0 Å². The number of nitrogens with one attached hydrogen (secondary N) is 1. The standard InChI is InChI=1S/C14H24N4O/c1-9(8-19)4-3-7-16-13-10(2)12(15)17-14(18-13)11-5-6-11/h9,11,19H,3-8H2,1-2H3,(H3,15,16,17,18). The number of nitrogens with two attached hydrogens (primary N) is 1. The van der Waals surface area contributed by atoms with Gasteiger partial charge in [-0.15, -0.1) is 0 Å². The normalized spacial score (nSPS) is 16.4. The first-order valence-electron chi connectivity index (χ1n) is 7.10. The average molecular weight is 264 g/mol. The highest BCUT2D eigenvalue weighted by Crippen LogP contribution is 2.39. The van der Waals surface area contributed by atoms with Crippen molar-refractivity contribution in [1.82, 2.24) is 9.97 Å². The molecule has 106 valence electrons. The van der Waals surface area contributed by atoms with Crippen molar-refractivity contribution in [3.05, 3.63) is 11.4 Å². The Morgan fingerprint density at radius 1 is 1.42 bits per heavy atom. The van der Waals surface area contributed by atoms with E-state index in [0.717, 1.165) is 36.6 Å². The number of nitrogen functional groups attached to an aromatic ring is 1. The molecule has 1 fully saturated rings. The largest absolute Gasteiger partial charge is 0.396 e. The zero-order valence-electron chi connectivity index (χ0n) is 11.8.